The summed E-state index contributed by atoms with van der Waals surface area (Å²) in [6.45, 7) is 9.69. The molecule has 1 aromatic rings. The summed E-state index contributed by atoms with van der Waals surface area (Å²) in [4.78, 5) is 14.0. The maximum atomic E-state index is 12.6. The second kappa shape index (κ2) is 9.47. The van der Waals surface area contributed by atoms with Crippen molar-refractivity contribution in [3.05, 3.63) is 61.2 Å². The van der Waals surface area contributed by atoms with Crippen LogP contribution in [0.15, 0.2) is 60.5 Å². The van der Waals surface area contributed by atoms with E-state index in [2.05, 4.69) is 13.2 Å². The minimum absolute atomic E-state index is 0.158. The van der Waals surface area contributed by atoms with Crippen molar-refractivity contribution < 1.29 is 17.9 Å². The van der Waals surface area contributed by atoms with Gasteiger partial charge in [0.2, 0.25) is 15.9 Å². The van der Waals surface area contributed by atoms with Gasteiger partial charge in [-0.3, -0.25) is 4.79 Å². The zero-order chi connectivity index (χ0) is 19.0. The Labute approximate surface area is 155 Å². The first-order valence-electron chi connectivity index (χ1n) is 8.36. The first kappa shape index (κ1) is 20.1. The van der Waals surface area contributed by atoms with E-state index in [1.165, 1.54) is 10.4 Å². The Morgan fingerprint density at radius 1 is 1.12 bits per heavy atom. The molecular formula is C19H24N2O4S. The van der Waals surface area contributed by atoms with E-state index >= 15 is 0 Å². The number of ether oxygens (including phenoxy) is 1. The fourth-order valence-corrected chi connectivity index (χ4v) is 3.93. The number of hydrogen-bond donors (Lipinski definition) is 0. The standard InChI is InChI=1S/C19H24N2O4S/c1-3-11-20(12-4-2)19(22)10-7-17-5-8-18(9-6-17)26(23,24)21-13-15-25-16-14-21/h3-10H,1-2,11-16H2. The third-order valence-electron chi connectivity index (χ3n) is 3.92. The maximum absolute atomic E-state index is 12.6. The Bertz CT molecular complexity index is 753. The highest BCUT2D eigenvalue weighted by atomic mass is 32.2. The van der Waals surface area contributed by atoms with Crippen LogP contribution in [0.4, 0.5) is 0 Å². The van der Waals surface area contributed by atoms with Gasteiger partial charge in [0.1, 0.15) is 0 Å². The number of hydrogen-bond acceptors (Lipinski definition) is 4. The van der Waals surface area contributed by atoms with Crippen LogP contribution in [0.3, 0.4) is 0 Å². The lowest BCUT2D eigenvalue weighted by Gasteiger charge is -2.26. The van der Waals surface area contributed by atoms with Gasteiger partial charge in [-0.15, -0.1) is 13.2 Å². The fourth-order valence-electron chi connectivity index (χ4n) is 2.53. The van der Waals surface area contributed by atoms with E-state index < -0.39 is 10.0 Å². The minimum atomic E-state index is -3.51. The zero-order valence-corrected chi connectivity index (χ0v) is 15.5. The first-order chi connectivity index (χ1) is 12.5. The maximum Gasteiger partial charge on any atom is 0.247 e. The molecule has 1 aromatic carbocycles. The zero-order valence-electron chi connectivity index (χ0n) is 14.7. The lowest BCUT2D eigenvalue weighted by atomic mass is 10.2. The molecule has 1 aliphatic rings. The third kappa shape index (κ3) is 5.14. The van der Waals surface area contributed by atoms with E-state index in [1.807, 2.05) is 0 Å². The molecule has 1 heterocycles. The normalized spacial score (nSPS) is 15.7. The number of morpholine rings is 1. The van der Waals surface area contributed by atoms with Crippen molar-refractivity contribution in [1.82, 2.24) is 9.21 Å². The molecular weight excluding hydrogens is 352 g/mol. The Balaban J connectivity index is 2.07. The molecule has 0 N–H and O–H groups in total. The molecule has 140 valence electrons. The Kier molecular flexibility index (Phi) is 7.32. The molecule has 6 nitrogen and oxygen atoms in total. The molecule has 0 radical (unpaired) electrons. The van der Waals surface area contributed by atoms with Crippen LogP contribution in [0.5, 0.6) is 0 Å². The molecule has 0 saturated carbocycles. The molecule has 7 heteroatoms. The lowest BCUT2D eigenvalue weighted by Crippen LogP contribution is -2.40. The van der Waals surface area contributed by atoms with Crippen LogP contribution in [0.25, 0.3) is 6.08 Å². The summed E-state index contributed by atoms with van der Waals surface area (Å²) in [6, 6.07) is 6.48. The molecule has 1 saturated heterocycles. The molecule has 26 heavy (non-hydrogen) atoms. The van der Waals surface area contributed by atoms with E-state index in [0.29, 0.717) is 39.4 Å². The van der Waals surface area contributed by atoms with Crippen molar-refractivity contribution in [2.75, 3.05) is 39.4 Å². The predicted molar refractivity (Wildman–Crippen MR) is 102 cm³/mol. The van der Waals surface area contributed by atoms with E-state index in [1.54, 1.807) is 47.4 Å². The Morgan fingerprint density at radius 3 is 2.23 bits per heavy atom. The number of nitrogens with zero attached hydrogens (tertiary/aromatic N) is 2. The second-order valence-electron chi connectivity index (χ2n) is 5.74. The van der Waals surface area contributed by atoms with Crippen molar-refractivity contribution in [2.24, 2.45) is 0 Å². The van der Waals surface area contributed by atoms with E-state index in [-0.39, 0.29) is 10.8 Å². The minimum Gasteiger partial charge on any atom is -0.379 e. The summed E-state index contributed by atoms with van der Waals surface area (Å²) in [5.74, 6) is -0.158. The quantitative estimate of drug-likeness (QED) is 0.514. The molecule has 0 bridgehead atoms. The highest BCUT2D eigenvalue weighted by molar-refractivity contribution is 7.89. The van der Waals surface area contributed by atoms with Crippen LogP contribution in [-0.4, -0.2) is 62.9 Å². The molecule has 1 fully saturated rings. The number of rotatable bonds is 8. The third-order valence-corrected chi connectivity index (χ3v) is 5.83. The van der Waals surface area contributed by atoms with Crippen LogP contribution in [0, 0.1) is 0 Å². The van der Waals surface area contributed by atoms with E-state index in [9.17, 15) is 13.2 Å². The van der Waals surface area contributed by atoms with Gasteiger partial charge in [-0.25, -0.2) is 8.42 Å². The highest BCUT2D eigenvalue weighted by Crippen LogP contribution is 2.18. The van der Waals surface area contributed by atoms with E-state index in [4.69, 9.17) is 4.74 Å². The van der Waals surface area contributed by atoms with Crippen molar-refractivity contribution in [3.63, 3.8) is 0 Å². The van der Waals surface area contributed by atoms with Gasteiger partial charge in [0.25, 0.3) is 0 Å². The number of amides is 1. The molecule has 0 aliphatic carbocycles. The smallest absolute Gasteiger partial charge is 0.247 e. The van der Waals surface area contributed by atoms with Crippen LogP contribution in [0.2, 0.25) is 0 Å². The molecule has 0 spiro atoms. The van der Waals surface area contributed by atoms with Gasteiger partial charge < -0.3 is 9.64 Å². The van der Waals surface area contributed by atoms with Gasteiger partial charge in [0.05, 0.1) is 18.1 Å². The number of carbonyl (C=O) groups is 1. The van der Waals surface area contributed by atoms with Gasteiger partial charge in [-0.1, -0.05) is 24.3 Å². The lowest BCUT2D eigenvalue weighted by molar-refractivity contribution is -0.124. The van der Waals surface area contributed by atoms with Crippen molar-refractivity contribution in [3.8, 4) is 0 Å². The second-order valence-corrected chi connectivity index (χ2v) is 7.68. The number of sulfonamides is 1. The molecule has 0 aromatic heterocycles. The SMILES string of the molecule is C=CCN(CC=C)C(=O)C=Cc1ccc(S(=O)(=O)N2CCOCC2)cc1. The van der Waals surface area contributed by atoms with Gasteiger partial charge in [-0.2, -0.15) is 4.31 Å². The van der Waals surface area contributed by atoms with Crippen LogP contribution in [-0.2, 0) is 19.6 Å². The predicted octanol–water partition coefficient (Wildman–Crippen LogP) is 1.92. The molecule has 1 amide bonds. The monoisotopic (exact) mass is 376 g/mol. The summed E-state index contributed by atoms with van der Waals surface area (Å²) < 4.78 is 31.8. The summed E-state index contributed by atoms with van der Waals surface area (Å²) in [5.41, 5.74) is 0.747. The molecule has 0 unspecified atom stereocenters. The fraction of sp³-hybridized carbons (Fsp3) is 0.316. The van der Waals surface area contributed by atoms with Crippen molar-refractivity contribution >= 4 is 22.0 Å². The average molecular weight is 376 g/mol. The molecule has 1 aliphatic heterocycles. The van der Waals surface area contributed by atoms with Gasteiger partial charge in [0, 0.05) is 32.3 Å². The summed E-state index contributed by atoms with van der Waals surface area (Å²) in [6.07, 6.45) is 6.42. The molecule has 2 rings (SSSR count). The largest absolute Gasteiger partial charge is 0.379 e. The first-order valence-corrected chi connectivity index (χ1v) is 9.80. The van der Waals surface area contributed by atoms with Gasteiger partial charge in [0.15, 0.2) is 0 Å². The average Bonchev–Trinajstić information content (AvgIpc) is 2.67. The summed E-state index contributed by atoms with van der Waals surface area (Å²) in [5, 5.41) is 0. The Hall–Kier alpha value is -2.22. The van der Waals surface area contributed by atoms with Crippen LogP contribution >= 0.6 is 0 Å². The van der Waals surface area contributed by atoms with Crippen LogP contribution in [0.1, 0.15) is 5.56 Å². The van der Waals surface area contributed by atoms with Gasteiger partial charge >= 0.3 is 0 Å². The number of benzene rings is 1. The van der Waals surface area contributed by atoms with Crippen molar-refractivity contribution in [2.45, 2.75) is 4.90 Å². The summed E-state index contributed by atoms with van der Waals surface area (Å²) in [7, 11) is -3.51. The van der Waals surface area contributed by atoms with Crippen molar-refractivity contribution in [1.29, 1.82) is 0 Å². The molecule has 0 atom stereocenters. The van der Waals surface area contributed by atoms with Gasteiger partial charge in [-0.05, 0) is 23.8 Å². The topological polar surface area (TPSA) is 66.9 Å². The number of carbonyl (C=O) groups excluding carboxylic acids is 1. The summed E-state index contributed by atoms with van der Waals surface area (Å²) >= 11 is 0. The van der Waals surface area contributed by atoms with E-state index in [0.717, 1.165) is 5.56 Å². The highest BCUT2D eigenvalue weighted by Gasteiger charge is 2.25. The van der Waals surface area contributed by atoms with Crippen LogP contribution < -0.4 is 0 Å². The Morgan fingerprint density at radius 2 is 1.69 bits per heavy atom.